The van der Waals surface area contributed by atoms with Gasteiger partial charge in [0.05, 0.1) is 13.7 Å². The van der Waals surface area contributed by atoms with E-state index in [2.05, 4.69) is 30.2 Å². The number of guanidine groups is 1. The molecule has 2 aromatic carbocycles. The largest absolute Gasteiger partial charge is 0.497 e. The fourth-order valence-electron chi connectivity index (χ4n) is 2.13. The molecule has 0 aliphatic rings. The van der Waals surface area contributed by atoms with Crippen molar-refractivity contribution in [3.63, 3.8) is 0 Å². The van der Waals surface area contributed by atoms with Crippen LogP contribution in [-0.2, 0) is 5.41 Å². The van der Waals surface area contributed by atoms with E-state index in [1.54, 1.807) is 7.11 Å². The van der Waals surface area contributed by atoms with Crippen molar-refractivity contribution >= 4 is 35.6 Å². The fourth-order valence-corrected chi connectivity index (χ4v) is 2.13. The normalized spacial score (nSPS) is 11.5. The summed E-state index contributed by atoms with van der Waals surface area (Å²) in [4.78, 5) is 4.47. The Hall–Kier alpha value is -1.76. The third kappa shape index (κ3) is 5.74. The predicted octanol–water partition coefficient (Wildman–Crippen LogP) is 4.02. The molecule has 0 saturated carbocycles. The Kier molecular flexibility index (Phi) is 7.35. The summed E-state index contributed by atoms with van der Waals surface area (Å²) >= 11 is 0. The number of para-hydroxylation sites is 1. The van der Waals surface area contributed by atoms with Crippen molar-refractivity contribution in [3.8, 4) is 5.75 Å². The van der Waals surface area contributed by atoms with E-state index in [1.165, 1.54) is 5.56 Å². The molecule has 0 radical (unpaired) electrons. The number of hydrogen-bond donors (Lipinski definition) is 2. The van der Waals surface area contributed by atoms with Gasteiger partial charge in [0.1, 0.15) is 5.75 Å². The van der Waals surface area contributed by atoms with Crippen molar-refractivity contribution in [3.05, 3.63) is 60.2 Å². The van der Waals surface area contributed by atoms with Crippen LogP contribution in [0.3, 0.4) is 0 Å². The molecule has 0 unspecified atom stereocenters. The van der Waals surface area contributed by atoms with Crippen LogP contribution in [0.1, 0.15) is 19.4 Å². The Labute approximate surface area is 155 Å². The second kappa shape index (κ2) is 8.76. The summed E-state index contributed by atoms with van der Waals surface area (Å²) in [5.41, 5.74) is 7.94. The summed E-state index contributed by atoms with van der Waals surface area (Å²) in [5, 5.41) is 3.09. The lowest BCUT2D eigenvalue weighted by Crippen LogP contribution is -2.27. The van der Waals surface area contributed by atoms with Crippen LogP contribution in [0, 0.1) is 0 Å². The summed E-state index contributed by atoms with van der Waals surface area (Å²) < 4.78 is 5.28. The first-order valence-corrected chi connectivity index (χ1v) is 7.28. The number of ether oxygens (including phenoxy) is 1. The maximum atomic E-state index is 5.96. The Morgan fingerprint density at radius 1 is 1.13 bits per heavy atom. The summed E-state index contributed by atoms with van der Waals surface area (Å²) in [5.74, 6) is 1.27. The number of anilines is 1. The Bertz CT molecular complexity index is 642. The highest BCUT2D eigenvalue weighted by molar-refractivity contribution is 14.0. The molecule has 0 saturated heterocycles. The highest BCUT2D eigenvalue weighted by atomic mass is 127. The number of benzene rings is 2. The molecule has 0 aromatic heterocycles. The zero-order chi connectivity index (χ0) is 16.0. The van der Waals surface area contributed by atoms with Gasteiger partial charge in [-0.25, -0.2) is 0 Å². The predicted molar refractivity (Wildman–Crippen MR) is 108 cm³/mol. The second-order valence-electron chi connectivity index (χ2n) is 5.81. The summed E-state index contributed by atoms with van der Waals surface area (Å²) in [7, 11) is 1.67. The molecule has 4 nitrogen and oxygen atoms in total. The van der Waals surface area contributed by atoms with Crippen LogP contribution < -0.4 is 15.8 Å². The minimum absolute atomic E-state index is 0. The van der Waals surface area contributed by atoms with E-state index in [1.807, 2.05) is 48.5 Å². The number of nitrogens with one attached hydrogen (secondary N) is 1. The van der Waals surface area contributed by atoms with Crippen LogP contribution in [0.5, 0.6) is 5.75 Å². The van der Waals surface area contributed by atoms with Crippen LogP contribution in [0.25, 0.3) is 0 Å². The molecule has 0 aliphatic carbocycles. The molecule has 0 bridgehead atoms. The molecular weight excluding hydrogens is 401 g/mol. The second-order valence-corrected chi connectivity index (χ2v) is 5.81. The average molecular weight is 425 g/mol. The van der Waals surface area contributed by atoms with Crippen molar-refractivity contribution in [1.82, 2.24) is 0 Å². The number of nitrogens with zero attached hydrogens (tertiary/aromatic N) is 1. The van der Waals surface area contributed by atoms with E-state index >= 15 is 0 Å². The smallest absolute Gasteiger partial charge is 0.193 e. The van der Waals surface area contributed by atoms with Gasteiger partial charge < -0.3 is 15.8 Å². The molecule has 5 heteroatoms. The maximum Gasteiger partial charge on any atom is 0.193 e. The number of hydrogen-bond acceptors (Lipinski definition) is 2. The molecular formula is C18H24IN3O. The van der Waals surface area contributed by atoms with Crippen molar-refractivity contribution < 1.29 is 4.74 Å². The van der Waals surface area contributed by atoms with Gasteiger partial charge in [-0.15, -0.1) is 24.0 Å². The van der Waals surface area contributed by atoms with Crippen LogP contribution in [-0.4, -0.2) is 19.6 Å². The van der Waals surface area contributed by atoms with Crippen molar-refractivity contribution in [2.75, 3.05) is 19.0 Å². The Balaban J connectivity index is 0.00000264. The number of halogens is 1. The first-order valence-electron chi connectivity index (χ1n) is 7.28. The Morgan fingerprint density at radius 3 is 2.48 bits per heavy atom. The molecule has 0 atom stereocenters. The van der Waals surface area contributed by atoms with Gasteiger partial charge in [-0.05, 0) is 29.8 Å². The monoisotopic (exact) mass is 425 g/mol. The molecule has 3 N–H and O–H groups in total. The van der Waals surface area contributed by atoms with E-state index in [9.17, 15) is 0 Å². The van der Waals surface area contributed by atoms with Gasteiger partial charge >= 0.3 is 0 Å². The van der Waals surface area contributed by atoms with Gasteiger partial charge in [0.2, 0.25) is 0 Å². The zero-order valence-corrected chi connectivity index (χ0v) is 16.1. The van der Waals surface area contributed by atoms with E-state index in [0.29, 0.717) is 12.5 Å². The molecule has 0 amide bonds. The molecule has 124 valence electrons. The lowest BCUT2D eigenvalue weighted by molar-refractivity contribution is 0.412. The molecule has 0 spiro atoms. The van der Waals surface area contributed by atoms with Crippen LogP contribution >= 0.6 is 24.0 Å². The van der Waals surface area contributed by atoms with Crippen molar-refractivity contribution in [2.45, 2.75) is 19.3 Å². The third-order valence-corrected chi connectivity index (χ3v) is 3.54. The number of methoxy groups -OCH3 is 1. The topological polar surface area (TPSA) is 59.6 Å². The lowest BCUT2D eigenvalue weighted by Gasteiger charge is -2.23. The third-order valence-electron chi connectivity index (χ3n) is 3.54. The van der Waals surface area contributed by atoms with Crippen LogP contribution in [0.4, 0.5) is 5.69 Å². The van der Waals surface area contributed by atoms with Gasteiger partial charge in [0, 0.05) is 11.1 Å². The van der Waals surface area contributed by atoms with Gasteiger partial charge in [-0.3, -0.25) is 4.99 Å². The van der Waals surface area contributed by atoms with E-state index in [-0.39, 0.29) is 29.4 Å². The number of aliphatic imine (C=N–C) groups is 1. The maximum absolute atomic E-state index is 5.96. The van der Waals surface area contributed by atoms with Gasteiger partial charge in [-0.2, -0.15) is 0 Å². The summed E-state index contributed by atoms with van der Waals surface area (Å²) in [6, 6.07) is 17.8. The minimum Gasteiger partial charge on any atom is -0.497 e. The average Bonchev–Trinajstić information content (AvgIpc) is 2.54. The highest BCUT2D eigenvalue weighted by Gasteiger charge is 2.20. The minimum atomic E-state index is -0.127. The first-order chi connectivity index (χ1) is 10.5. The van der Waals surface area contributed by atoms with Gasteiger partial charge in [-0.1, -0.05) is 44.2 Å². The zero-order valence-electron chi connectivity index (χ0n) is 13.7. The van der Waals surface area contributed by atoms with Crippen LogP contribution in [0.15, 0.2) is 59.6 Å². The SMILES string of the molecule is COc1cccc(C(C)(C)CN=C(N)Nc2ccccc2)c1.I. The first kappa shape index (κ1) is 19.3. The van der Waals surface area contributed by atoms with E-state index < -0.39 is 0 Å². The molecule has 0 heterocycles. The molecule has 2 aromatic rings. The number of rotatable bonds is 5. The van der Waals surface area contributed by atoms with Gasteiger partial charge in [0.15, 0.2) is 5.96 Å². The Morgan fingerprint density at radius 2 is 1.83 bits per heavy atom. The summed E-state index contributed by atoms with van der Waals surface area (Å²) in [6.07, 6.45) is 0. The van der Waals surface area contributed by atoms with Crippen LogP contribution in [0.2, 0.25) is 0 Å². The van der Waals surface area contributed by atoms with E-state index in [4.69, 9.17) is 10.5 Å². The van der Waals surface area contributed by atoms with Gasteiger partial charge in [0.25, 0.3) is 0 Å². The molecule has 2 rings (SSSR count). The standard InChI is InChI=1S/C18H23N3O.HI/c1-18(2,14-8-7-11-16(12-14)22-3)13-20-17(19)21-15-9-5-4-6-10-15;/h4-12H,13H2,1-3H3,(H3,19,20,21);1H. The van der Waals surface area contributed by atoms with Crippen molar-refractivity contribution in [2.24, 2.45) is 10.7 Å². The quantitative estimate of drug-likeness (QED) is 0.432. The molecule has 0 aliphatic heterocycles. The van der Waals surface area contributed by atoms with Crippen molar-refractivity contribution in [1.29, 1.82) is 0 Å². The summed E-state index contributed by atoms with van der Waals surface area (Å²) in [6.45, 7) is 4.87. The fraction of sp³-hybridized carbons (Fsp3) is 0.278. The lowest BCUT2D eigenvalue weighted by atomic mass is 9.85. The molecule has 23 heavy (non-hydrogen) atoms. The van der Waals surface area contributed by atoms with E-state index in [0.717, 1.165) is 11.4 Å². The molecule has 0 fully saturated rings. The highest BCUT2D eigenvalue weighted by Crippen LogP contribution is 2.26. The number of nitrogens with two attached hydrogens (primary N) is 1.